The average Bonchev–Trinajstić information content (AvgIpc) is 3.03. The molecule has 28 heavy (non-hydrogen) atoms. The van der Waals surface area contributed by atoms with Crippen LogP contribution in [0.25, 0.3) is 5.69 Å². The normalized spacial score (nSPS) is 11.8. The molecule has 1 heterocycles. The number of carbonyl (C=O) groups is 2. The number of H-pyrrole nitrogens is 1. The molecule has 0 bridgehead atoms. The Labute approximate surface area is 157 Å². The number of amides is 1. The Kier molecular flexibility index (Phi) is 5.35. The van der Waals surface area contributed by atoms with Gasteiger partial charge in [-0.3, -0.25) is 19.5 Å². The van der Waals surface area contributed by atoms with Crippen LogP contribution in [0, 0.1) is 11.6 Å². The molecule has 0 aliphatic carbocycles. The number of halogens is 2. The van der Waals surface area contributed by atoms with Crippen LogP contribution in [0.3, 0.4) is 0 Å². The zero-order valence-electron chi connectivity index (χ0n) is 14.4. The van der Waals surface area contributed by atoms with E-state index in [4.69, 9.17) is 5.11 Å². The molecule has 1 atom stereocenters. The summed E-state index contributed by atoms with van der Waals surface area (Å²) >= 11 is 0. The second kappa shape index (κ2) is 7.87. The maximum Gasteiger partial charge on any atom is 0.305 e. The highest BCUT2D eigenvalue weighted by Gasteiger charge is 2.23. The number of nitrogens with one attached hydrogen (secondary N) is 2. The van der Waals surface area contributed by atoms with E-state index in [-0.39, 0.29) is 16.9 Å². The van der Waals surface area contributed by atoms with Gasteiger partial charge < -0.3 is 10.4 Å². The summed E-state index contributed by atoms with van der Waals surface area (Å²) in [6, 6.07) is 10.5. The Balaban J connectivity index is 1.89. The van der Waals surface area contributed by atoms with Crippen molar-refractivity contribution in [3.05, 3.63) is 87.8 Å². The molecule has 0 spiro atoms. The van der Waals surface area contributed by atoms with Crippen LogP contribution in [-0.4, -0.2) is 26.8 Å². The van der Waals surface area contributed by atoms with Gasteiger partial charge in [-0.25, -0.2) is 13.5 Å². The Hall–Kier alpha value is -3.75. The minimum absolute atomic E-state index is 0.00478. The predicted molar refractivity (Wildman–Crippen MR) is 95.2 cm³/mol. The van der Waals surface area contributed by atoms with E-state index in [9.17, 15) is 23.2 Å². The minimum Gasteiger partial charge on any atom is -0.481 e. The number of carboxylic acid groups (broad SMARTS) is 1. The van der Waals surface area contributed by atoms with E-state index in [0.29, 0.717) is 0 Å². The van der Waals surface area contributed by atoms with Gasteiger partial charge in [0.15, 0.2) is 0 Å². The summed E-state index contributed by atoms with van der Waals surface area (Å²) in [7, 11) is 0. The summed E-state index contributed by atoms with van der Waals surface area (Å²) in [5, 5.41) is 14.0. The lowest BCUT2D eigenvalue weighted by atomic mass is 10.0. The maximum atomic E-state index is 14.0. The molecule has 0 aliphatic heterocycles. The monoisotopic (exact) mass is 387 g/mol. The number of aromatic nitrogens is 2. The average molecular weight is 387 g/mol. The summed E-state index contributed by atoms with van der Waals surface area (Å²) in [4.78, 5) is 35.7. The van der Waals surface area contributed by atoms with E-state index in [0.717, 1.165) is 22.9 Å². The Morgan fingerprint density at radius 3 is 2.54 bits per heavy atom. The van der Waals surface area contributed by atoms with E-state index < -0.39 is 41.5 Å². The van der Waals surface area contributed by atoms with Gasteiger partial charge in [-0.05, 0) is 24.3 Å². The molecule has 7 nitrogen and oxygen atoms in total. The fourth-order valence-corrected chi connectivity index (χ4v) is 2.73. The standard InChI is InChI=1S/C19H15F2N3O4/c20-11-4-3-5-12(8-11)24-17(25)9-16(23-24)19(28)22-15(10-18(26)27)13-6-1-2-7-14(13)21/h1-9,15,23H,10H2,(H,22,28)(H,26,27)/t15-/m0/s1. The number of benzene rings is 2. The molecule has 1 aromatic heterocycles. The van der Waals surface area contributed by atoms with Crippen LogP contribution in [0.2, 0.25) is 0 Å². The fourth-order valence-electron chi connectivity index (χ4n) is 2.73. The van der Waals surface area contributed by atoms with Crippen LogP contribution in [0.5, 0.6) is 0 Å². The van der Waals surface area contributed by atoms with Crippen LogP contribution in [0.15, 0.2) is 59.4 Å². The molecule has 0 fully saturated rings. The second-order valence-corrected chi connectivity index (χ2v) is 5.97. The molecule has 0 saturated heterocycles. The van der Waals surface area contributed by atoms with Crippen LogP contribution in [0.4, 0.5) is 8.78 Å². The topological polar surface area (TPSA) is 104 Å². The number of aromatic amines is 1. The van der Waals surface area contributed by atoms with Gasteiger partial charge in [0.2, 0.25) is 0 Å². The number of rotatable bonds is 6. The lowest BCUT2D eigenvalue weighted by molar-refractivity contribution is -0.137. The molecule has 0 aliphatic rings. The van der Waals surface area contributed by atoms with Gasteiger partial charge in [-0.15, -0.1) is 0 Å². The van der Waals surface area contributed by atoms with Crippen molar-refractivity contribution in [3.63, 3.8) is 0 Å². The highest BCUT2D eigenvalue weighted by molar-refractivity contribution is 5.92. The molecule has 3 aromatic rings. The third-order valence-corrected chi connectivity index (χ3v) is 4.00. The van der Waals surface area contributed by atoms with Gasteiger partial charge in [0.25, 0.3) is 11.5 Å². The van der Waals surface area contributed by atoms with Crippen molar-refractivity contribution >= 4 is 11.9 Å². The lowest BCUT2D eigenvalue weighted by Gasteiger charge is -2.17. The van der Waals surface area contributed by atoms with Crippen molar-refractivity contribution < 1.29 is 23.5 Å². The molecular formula is C19H15F2N3O4. The third kappa shape index (κ3) is 4.14. The van der Waals surface area contributed by atoms with E-state index >= 15 is 0 Å². The van der Waals surface area contributed by atoms with E-state index in [2.05, 4.69) is 10.4 Å². The summed E-state index contributed by atoms with van der Waals surface area (Å²) in [5.41, 5.74) is -0.609. The van der Waals surface area contributed by atoms with Crippen LogP contribution in [-0.2, 0) is 4.79 Å². The molecule has 0 saturated carbocycles. The zero-order chi connectivity index (χ0) is 20.3. The van der Waals surface area contributed by atoms with Crippen molar-refractivity contribution in [2.45, 2.75) is 12.5 Å². The Bertz CT molecular complexity index is 1090. The molecule has 9 heteroatoms. The fraction of sp³-hybridized carbons (Fsp3) is 0.105. The van der Waals surface area contributed by atoms with Crippen LogP contribution < -0.4 is 10.9 Å². The lowest BCUT2D eigenvalue weighted by Crippen LogP contribution is -2.31. The summed E-state index contributed by atoms with van der Waals surface area (Å²) in [5.74, 6) is -3.27. The third-order valence-electron chi connectivity index (χ3n) is 4.00. The number of nitrogens with zero attached hydrogens (tertiary/aromatic N) is 1. The van der Waals surface area contributed by atoms with Crippen molar-refractivity contribution in [3.8, 4) is 5.69 Å². The zero-order valence-corrected chi connectivity index (χ0v) is 14.4. The molecule has 3 N–H and O–H groups in total. The van der Waals surface area contributed by atoms with E-state index in [1.54, 1.807) is 0 Å². The largest absolute Gasteiger partial charge is 0.481 e. The second-order valence-electron chi connectivity index (χ2n) is 5.97. The summed E-state index contributed by atoms with van der Waals surface area (Å²) < 4.78 is 28.4. The van der Waals surface area contributed by atoms with Gasteiger partial charge in [-0.1, -0.05) is 24.3 Å². The smallest absolute Gasteiger partial charge is 0.305 e. The Morgan fingerprint density at radius 2 is 1.86 bits per heavy atom. The molecule has 0 unspecified atom stereocenters. The van der Waals surface area contributed by atoms with E-state index in [1.807, 2.05) is 0 Å². The van der Waals surface area contributed by atoms with Gasteiger partial charge in [-0.2, -0.15) is 0 Å². The first-order valence-electron chi connectivity index (χ1n) is 8.20. The molecular weight excluding hydrogens is 372 g/mol. The first-order valence-corrected chi connectivity index (χ1v) is 8.20. The van der Waals surface area contributed by atoms with Crippen molar-refractivity contribution in [2.75, 3.05) is 0 Å². The first-order chi connectivity index (χ1) is 13.3. The van der Waals surface area contributed by atoms with Gasteiger partial charge in [0, 0.05) is 11.6 Å². The van der Waals surface area contributed by atoms with Gasteiger partial charge >= 0.3 is 5.97 Å². The Morgan fingerprint density at radius 1 is 1.11 bits per heavy atom. The van der Waals surface area contributed by atoms with Crippen molar-refractivity contribution in [1.82, 2.24) is 15.1 Å². The molecule has 0 radical (unpaired) electrons. The number of hydrogen-bond acceptors (Lipinski definition) is 3. The van der Waals surface area contributed by atoms with Gasteiger partial charge in [0.05, 0.1) is 18.2 Å². The molecule has 144 valence electrons. The molecule has 3 rings (SSSR count). The molecule has 1 amide bonds. The van der Waals surface area contributed by atoms with Crippen molar-refractivity contribution in [2.24, 2.45) is 0 Å². The predicted octanol–water partition coefficient (Wildman–Crippen LogP) is 2.39. The highest BCUT2D eigenvalue weighted by Crippen LogP contribution is 2.20. The van der Waals surface area contributed by atoms with Crippen molar-refractivity contribution in [1.29, 1.82) is 0 Å². The quantitative estimate of drug-likeness (QED) is 0.604. The first kappa shape index (κ1) is 19.0. The van der Waals surface area contributed by atoms with Crippen LogP contribution >= 0.6 is 0 Å². The number of aliphatic carboxylic acids is 1. The summed E-state index contributed by atoms with van der Waals surface area (Å²) in [6.07, 6.45) is -0.554. The number of hydrogen-bond donors (Lipinski definition) is 3. The number of carboxylic acids is 1. The SMILES string of the molecule is O=C(O)C[C@H](NC(=O)c1cc(=O)n(-c2cccc(F)c2)[nH]1)c1ccccc1F. The maximum absolute atomic E-state index is 14.0. The van der Waals surface area contributed by atoms with E-state index in [1.165, 1.54) is 36.4 Å². The van der Waals surface area contributed by atoms with Crippen LogP contribution in [0.1, 0.15) is 28.5 Å². The molecule has 2 aromatic carbocycles. The summed E-state index contributed by atoms with van der Waals surface area (Å²) in [6.45, 7) is 0. The van der Waals surface area contributed by atoms with Gasteiger partial charge in [0.1, 0.15) is 17.3 Å². The highest BCUT2D eigenvalue weighted by atomic mass is 19.1. The minimum atomic E-state index is -1.24. The number of carbonyl (C=O) groups excluding carboxylic acids is 1.